The number of nitrogens with two attached hydrogens (primary N) is 1. The van der Waals surface area contributed by atoms with Gasteiger partial charge in [-0.2, -0.15) is 5.10 Å². The van der Waals surface area contributed by atoms with Crippen LogP contribution in [0.2, 0.25) is 0 Å². The van der Waals surface area contributed by atoms with Crippen molar-refractivity contribution < 1.29 is 23.8 Å². The number of nitrogens with zero attached hydrogens (tertiary/aromatic N) is 4. The molecule has 2 aromatic carbocycles. The van der Waals surface area contributed by atoms with Crippen LogP contribution >= 0.6 is 0 Å². The Labute approximate surface area is 250 Å². The number of rotatable bonds is 7. The lowest BCUT2D eigenvalue weighted by atomic mass is 10.0. The van der Waals surface area contributed by atoms with Crippen LogP contribution in [0.3, 0.4) is 0 Å². The number of fused-ring (bicyclic) bond motifs is 1. The Kier molecular flexibility index (Phi) is 8.56. The van der Waals surface area contributed by atoms with Gasteiger partial charge in [0.25, 0.3) is 0 Å². The molecule has 2 aromatic heterocycles. The van der Waals surface area contributed by atoms with Gasteiger partial charge in [-0.1, -0.05) is 36.4 Å². The number of nitrogen functional groups attached to an aromatic ring is 1. The molecular weight excluding hydrogens is 550 g/mol. The van der Waals surface area contributed by atoms with Gasteiger partial charge in [0.15, 0.2) is 5.82 Å². The largest absolute Gasteiger partial charge is 0.495 e. The van der Waals surface area contributed by atoms with E-state index in [0.29, 0.717) is 35.9 Å². The van der Waals surface area contributed by atoms with Crippen LogP contribution in [-0.2, 0) is 16.1 Å². The average Bonchev–Trinajstić information content (AvgIpc) is 3.37. The van der Waals surface area contributed by atoms with Crippen molar-refractivity contribution in [1.82, 2.24) is 19.9 Å². The van der Waals surface area contributed by atoms with Gasteiger partial charge in [-0.15, -0.1) is 0 Å². The van der Waals surface area contributed by atoms with Crippen molar-refractivity contribution in [1.29, 1.82) is 0 Å². The lowest BCUT2D eigenvalue weighted by Crippen LogP contribution is -2.45. The highest BCUT2D eigenvalue weighted by molar-refractivity contribution is 5.93. The molecule has 1 aliphatic rings. The van der Waals surface area contributed by atoms with E-state index in [-0.39, 0.29) is 12.6 Å². The molecule has 1 fully saturated rings. The fourth-order valence-corrected chi connectivity index (χ4v) is 5.06. The van der Waals surface area contributed by atoms with E-state index in [2.05, 4.69) is 25.6 Å². The number of benzene rings is 2. The average molecular weight is 588 g/mol. The number of hydrogen-bond donors (Lipinski definition) is 3. The van der Waals surface area contributed by atoms with Crippen molar-refractivity contribution in [2.45, 2.75) is 51.9 Å². The Morgan fingerprint density at radius 3 is 2.49 bits per heavy atom. The molecule has 0 aliphatic carbocycles. The van der Waals surface area contributed by atoms with E-state index in [1.165, 1.54) is 13.4 Å². The van der Waals surface area contributed by atoms with Crippen molar-refractivity contribution >= 4 is 35.0 Å². The second-order valence-electron chi connectivity index (χ2n) is 11.3. The second-order valence-corrected chi connectivity index (χ2v) is 11.3. The third kappa shape index (κ3) is 7.08. The Hall–Kier alpha value is -5.00. The first-order chi connectivity index (χ1) is 20.6. The van der Waals surface area contributed by atoms with Crippen LogP contribution < -0.4 is 26.0 Å². The number of amides is 2. The first-order valence-corrected chi connectivity index (χ1v) is 14.1. The van der Waals surface area contributed by atoms with Crippen LogP contribution in [0.15, 0.2) is 60.9 Å². The summed E-state index contributed by atoms with van der Waals surface area (Å²) in [4.78, 5) is 31.2. The molecule has 2 amide bonds. The summed E-state index contributed by atoms with van der Waals surface area (Å²) in [5.74, 6) is 1.66. The second kappa shape index (κ2) is 12.5. The maximum Gasteiger partial charge on any atom is 0.412 e. The SMILES string of the molecule is COc1cc(-c2cc(N3CCC(NC(=O)OCc4ccccc4)CC3)n3ncnc(N)c23)ccc1NC(=O)OC(C)(C)C. The van der Waals surface area contributed by atoms with Gasteiger partial charge in [-0.3, -0.25) is 5.32 Å². The summed E-state index contributed by atoms with van der Waals surface area (Å²) in [5, 5.41) is 10.2. The van der Waals surface area contributed by atoms with Gasteiger partial charge >= 0.3 is 12.2 Å². The van der Waals surface area contributed by atoms with Gasteiger partial charge in [0.1, 0.15) is 35.6 Å². The zero-order valence-corrected chi connectivity index (χ0v) is 24.8. The summed E-state index contributed by atoms with van der Waals surface area (Å²) in [6, 6.07) is 17.1. The van der Waals surface area contributed by atoms with E-state index in [1.54, 1.807) is 31.4 Å². The third-order valence-corrected chi connectivity index (χ3v) is 7.07. The van der Waals surface area contributed by atoms with Gasteiger partial charge in [-0.25, -0.2) is 19.1 Å². The predicted molar refractivity (Wildman–Crippen MR) is 164 cm³/mol. The Morgan fingerprint density at radius 2 is 1.79 bits per heavy atom. The number of nitrogens with one attached hydrogen (secondary N) is 2. The molecule has 12 heteroatoms. The number of methoxy groups -OCH3 is 1. The number of piperidine rings is 1. The summed E-state index contributed by atoms with van der Waals surface area (Å²) in [6.07, 6.45) is 1.92. The van der Waals surface area contributed by atoms with Gasteiger partial charge < -0.3 is 30.2 Å². The summed E-state index contributed by atoms with van der Waals surface area (Å²) in [6.45, 7) is 7.02. The first-order valence-electron chi connectivity index (χ1n) is 14.1. The van der Waals surface area contributed by atoms with Crippen molar-refractivity contribution in [3.63, 3.8) is 0 Å². The summed E-state index contributed by atoms with van der Waals surface area (Å²) < 4.78 is 18.2. The summed E-state index contributed by atoms with van der Waals surface area (Å²) in [7, 11) is 1.54. The highest BCUT2D eigenvalue weighted by Gasteiger charge is 2.26. The molecule has 0 radical (unpaired) electrons. The van der Waals surface area contributed by atoms with Gasteiger partial charge in [0, 0.05) is 24.7 Å². The molecule has 5 rings (SSSR count). The van der Waals surface area contributed by atoms with Crippen molar-refractivity contribution in [3.8, 4) is 16.9 Å². The van der Waals surface area contributed by atoms with Gasteiger partial charge in [-0.05, 0) is 62.9 Å². The Bertz CT molecular complexity index is 1590. The number of anilines is 3. The molecular formula is C31H37N7O5. The standard InChI is InChI=1S/C31H37N7O5/c1-31(2,3)43-30(40)36-24-11-10-21(16-25(24)41-4)23-17-26(38-27(23)28(32)33-19-34-38)37-14-12-22(13-15-37)35-29(39)42-18-20-8-6-5-7-9-20/h5-11,16-17,19,22H,12-15,18H2,1-4H3,(H,35,39)(H,36,40)(H2,32,33,34). The number of alkyl carbamates (subject to hydrolysis) is 1. The van der Waals surface area contributed by atoms with Crippen LogP contribution in [0.4, 0.5) is 26.9 Å². The van der Waals surface area contributed by atoms with Crippen molar-refractivity contribution in [2.75, 3.05) is 36.1 Å². The maximum absolute atomic E-state index is 12.4. The number of hydrogen-bond acceptors (Lipinski definition) is 9. The van der Waals surface area contributed by atoms with E-state index in [4.69, 9.17) is 19.9 Å². The monoisotopic (exact) mass is 587 g/mol. The maximum atomic E-state index is 12.4. The van der Waals surface area contributed by atoms with Crippen LogP contribution in [0.1, 0.15) is 39.2 Å². The summed E-state index contributed by atoms with van der Waals surface area (Å²) in [5.41, 5.74) is 9.44. The molecule has 0 unspecified atom stereocenters. The van der Waals surface area contributed by atoms with Crippen LogP contribution in [0, 0.1) is 0 Å². The normalized spacial score (nSPS) is 13.9. The molecule has 0 atom stereocenters. The lowest BCUT2D eigenvalue weighted by Gasteiger charge is -2.33. The molecule has 3 heterocycles. The van der Waals surface area contributed by atoms with Crippen molar-refractivity contribution in [2.24, 2.45) is 0 Å². The smallest absolute Gasteiger partial charge is 0.412 e. The van der Waals surface area contributed by atoms with E-state index >= 15 is 0 Å². The van der Waals surface area contributed by atoms with Crippen LogP contribution in [0.25, 0.3) is 16.6 Å². The lowest BCUT2D eigenvalue weighted by molar-refractivity contribution is 0.0635. The number of ether oxygens (including phenoxy) is 3. The molecule has 1 aliphatic heterocycles. The fourth-order valence-electron chi connectivity index (χ4n) is 5.06. The topological polar surface area (TPSA) is 145 Å². The molecule has 0 saturated carbocycles. The highest BCUT2D eigenvalue weighted by atomic mass is 16.6. The van der Waals surface area contributed by atoms with E-state index in [9.17, 15) is 9.59 Å². The molecule has 4 N–H and O–H groups in total. The fraction of sp³-hybridized carbons (Fsp3) is 0.355. The van der Waals surface area contributed by atoms with Crippen LogP contribution in [0.5, 0.6) is 5.75 Å². The molecule has 0 bridgehead atoms. The van der Waals surface area contributed by atoms with E-state index < -0.39 is 17.8 Å². The van der Waals surface area contributed by atoms with Crippen LogP contribution in [-0.4, -0.2) is 58.6 Å². The number of carbonyl (C=O) groups excluding carboxylic acids is 2. The Morgan fingerprint density at radius 1 is 1.05 bits per heavy atom. The predicted octanol–water partition coefficient (Wildman–Crippen LogP) is 5.23. The molecule has 1 saturated heterocycles. The molecule has 4 aromatic rings. The molecule has 226 valence electrons. The minimum atomic E-state index is -0.632. The number of carbonyl (C=O) groups is 2. The van der Waals surface area contributed by atoms with Gasteiger partial charge in [0.05, 0.1) is 12.8 Å². The zero-order valence-electron chi connectivity index (χ0n) is 24.8. The molecule has 0 spiro atoms. The summed E-state index contributed by atoms with van der Waals surface area (Å²) >= 11 is 0. The van der Waals surface area contributed by atoms with E-state index in [0.717, 1.165) is 35.3 Å². The zero-order chi connectivity index (χ0) is 30.6. The Balaban J connectivity index is 1.31. The van der Waals surface area contributed by atoms with Crippen molar-refractivity contribution in [3.05, 3.63) is 66.5 Å². The quantitative estimate of drug-likeness (QED) is 0.265. The molecule has 12 nitrogen and oxygen atoms in total. The number of aromatic nitrogens is 3. The first kappa shape index (κ1) is 29.5. The van der Waals surface area contributed by atoms with Gasteiger partial charge in [0.2, 0.25) is 0 Å². The van der Waals surface area contributed by atoms with E-state index in [1.807, 2.05) is 48.5 Å². The minimum absolute atomic E-state index is 0.000746. The third-order valence-electron chi connectivity index (χ3n) is 7.07. The minimum Gasteiger partial charge on any atom is -0.495 e. The molecule has 43 heavy (non-hydrogen) atoms. The highest BCUT2D eigenvalue weighted by Crippen LogP contribution is 2.38.